The maximum atomic E-state index is 13.8. The van der Waals surface area contributed by atoms with Gasteiger partial charge in [-0.15, -0.1) is 0 Å². The van der Waals surface area contributed by atoms with E-state index in [0.29, 0.717) is 24.5 Å². The van der Waals surface area contributed by atoms with Crippen molar-refractivity contribution < 1.29 is 19.1 Å². The number of likely N-dealkylation sites (tertiary alicyclic amines) is 1. The third kappa shape index (κ3) is 4.56. The van der Waals surface area contributed by atoms with Crippen molar-refractivity contribution in [2.75, 3.05) is 13.1 Å². The van der Waals surface area contributed by atoms with Gasteiger partial charge >= 0.3 is 0 Å². The summed E-state index contributed by atoms with van der Waals surface area (Å²) >= 11 is 6.33. The lowest BCUT2D eigenvalue weighted by atomic mass is 9.70. The molecule has 2 N–H and O–H groups in total. The van der Waals surface area contributed by atoms with Crippen LogP contribution < -0.4 is 10.1 Å². The van der Waals surface area contributed by atoms with Gasteiger partial charge in [0.25, 0.3) is 0 Å². The molecule has 1 aromatic heterocycles. The second-order valence-corrected chi connectivity index (χ2v) is 11.9. The van der Waals surface area contributed by atoms with Crippen LogP contribution >= 0.6 is 11.6 Å². The Morgan fingerprint density at radius 1 is 1.24 bits per heavy atom. The number of piperidine rings is 1. The Balaban J connectivity index is 1.20. The maximum Gasteiger partial charge on any atom is 0.245 e. The highest BCUT2D eigenvalue weighted by atomic mass is 35.5. The first-order valence-electron chi connectivity index (χ1n) is 13.4. The molecule has 0 spiro atoms. The lowest BCUT2D eigenvalue weighted by molar-refractivity contribution is -0.189. The van der Waals surface area contributed by atoms with Gasteiger partial charge in [0.2, 0.25) is 11.8 Å². The van der Waals surface area contributed by atoms with Crippen LogP contribution in [-0.4, -0.2) is 52.5 Å². The Morgan fingerprint density at radius 2 is 2.05 bits per heavy atom. The van der Waals surface area contributed by atoms with Crippen molar-refractivity contribution >= 4 is 34.3 Å². The summed E-state index contributed by atoms with van der Waals surface area (Å²) in [6.45, 7) is 6.91. The molecule has 2 fully saturated rings. The molecule has 0 bridgehead atoms. The van der Waals surface area contributed by atoms with Gasteiger partial charge in [-0.2, -0.15) is 0 Å². The highest BCUT2D eigenvalue weighted by Crippen LogP contribution is 2.53. The summed E-state index contributed by atoms with van der Waals surface area (Å²) < 4.78 is 13.2. The number of aromatic amines is 1. The number of ether oxygens (including phenoxy) is 2. The molecule has 3 aliphatic heterocycles. The summed E-state index contributed by atoms with van der Waals surface area (Å²) in [5, 5.41) is 4.67. The predicted octanol–water partition coefficient (Wildman–Crippen LogP) is 5.03. The molecule has 0 saturated carbocycles. The summed E-state index contributed by atoms with van der Waals surface area (Å²) in [4.78, 5) is 31.1. The molecule has 7 nitrogen and oxygen atoms in total. The van der Waals surface area contributed by atoms with Crippen LogP contribution in [0.3, 0.4) is 0 Å². The molecule has 6 rings (SSSR count). The standard InChI is InChI=1S/C30H34ClN3O4/c1-17(35)33-25(13-18-15-32-24-7-5-4-6-21(18)24)29(36)34-11-10-26-19(16-34)12-23-28(37-26)22-14-20(31)8-9-27(22)38-30(23,2)3/h4-9,14-15,19,23,25-26,28,32H,10-13,16H2,1-3H3,(H,33,35)/t19-,23+,25-,26+,28-/m1/s1. The Kier molecular flexibility index (Phi) is 6.39. The SMILES string of the molecule is CC(=O)N[C@H](Cc1c[nH]c2ccccc12)C(=O)N1CC[C@@H]2O[C@@H]3c4cc(Cl)ccc4OC(C)(C)[C@H]3C[C@@H]2C1. The second kappa shape index (κ2) is 9.62. The molecule has 2 aromatic carbocycles. The van der Waals surface area contributed by atoms with Gasteiger partial charge in [-0.05, 0) is 56.5 Å². The van der Waals surface area contributed by atoms with Crippen LogP contribution in [0.4, 0.5) is 0 Å². The zero-order chi connectivity index (χ0) is 26.6. The minimum Gasteiger partial charge on any atom is -0.487 e. The van der Waals surface area contributed by atoms with E-state index in [2.05, 4.69) is 24.1 Å². The highest BCUT2D eigenvalue weighted by Gasteiger charge is 2.51. The molecular formula is C30H34ClN3O4. The summed E-state index contributed by atoms with van der Waals surface area (Å²) in [5.74, 6) is 0.926. The van der Waals surface area contributed by atoms with E-state index in [1.807, 2.05) is 53.6 Å². The Bertz CT molecular complexity index is 1380. The van der Waals surface area contributed by atoms with Crippen LogP contribution in [0, 0.1) is 11.8 Å². The largest absolute Gasteiger partial charge is 0.487 e. The quantitative estimate of drug-likeness (QED) is 0.490. The van der Waals surface area contributed by atoms with Crippen LogP contribution in [0.1, 0.15) is 50.8 Å². The lowest BCUT2D eigenvalue weighted by Crippen LogP contribution is -2.58. The zero-order valence-electron chi connectivity index (χ0n) is 22.0. The Labute approximate surface area is 227 Å². The molecule has 3 aliphatic rings. The number of benzene rings is 2. The molecule has 0 aliphatic carbocycles. The van der Waals surface area contributed by atoms with E-state index in [0.717, 1.165) is 40.6 Å². The number of para-hydroxylation sites is 1. The summed E-state index contributed by atoms with van der Waals surface area (Å²) in [5.41, 5.74) is 2.65. The molecule has 4 heterocycles. The zero-order valence-corrected chi connectivity index (χ0v) is 22.8. The van der Waals surface area contributed by atoms with Gasteiger partial charge in [0, 0.05) is 66.0 Å². The average molecular weight is 536 g/mol. The van der Waals surface area contributed by atoms with Gasteiger partial charge in [0.05, 0.1) is 12.2 Å². The average Bonchev–Trinajstić information content (AvgIpc) is 3.29. The number of halogens is 1. The van der Waals surface area contributed by atoms with Crippen LogP contribution in [-0.2, 0) is 20.7 Å². The fourth-order valence-corrected chi connectivity index (χ4v) is 6.85. The van der Waals surface area contributed by atoms with Crippen LogP contribution in [0.2, 0.25) is 5.02 Å². The number of rotatable bonds is 4. The van der Waals surface area contributed by atoms with Gasteiger partial charge in [0.15, 0.2) is 0 Å². The molecule has 2 amide bonds. The molecule has 8 heteroatoms. The normalized spacial score (nSPS) is 26.5. The molecule has 2 saturated heterocycles. The van der Waals surface area contributed by atoms with Crippen molar-refractivity contribution in [1.29, 1.82) is 0 Å². The number of amides is 2. The molecule has 38 heavy (non-hydrogen) atoms. The minimum atomic E-state index is -0.621. The smallest absolute Gasteiger partial charge is 0.245 e. The number of aromatic nitrogens is 1. The van der Waals surface area contributed by atoms with Gasteiger partial charge in [-0.3, -0.25) is 9.59 Å². The third-order valence-corrected chi connectivity index (χ3v) is 8.77. The van der Waals surface area contributed by atoms with E-state index in [1.165, 1.54) is 6.92 Å². The predicted molar refractivity (Wildman–Crippen MR) is 146 cm³/mol. The van der Waals surface area contributed by atoms with Crippen LogP contribution in [0.25, 0.3) is 10.9 Å². The van der Waals surface area contributed by atoms with Gasteiger partial charge < -0.3 is 24.7 Å². The fourth-order valence-electron chi connectivity index (χ4n) is 6.67. The Morgan fingerprint density at radius 3 is 2.87 bits per heavy atom. The van der Waals surface area contributed by atoms with Gasteiger partial charge in [-0.1, -0.05) is 29.8 Å². The number of hydrogen-bond acceptors (Lipinski definition) is 4. The van der Waals surface area contributed by atoms with Crippen molar-refractivity contribution in [3.05, 3.63) is 64.8 Å². The van der Waals surface area contributed by atoms with E-state index in [1.54, 1.807) is 0 Å². The number of H-pyrrole nitrogens is 1. The van der Waals surface area contributed by atoms with E-state index in [9.17, 15) is 9.59 Å². The summed E-state index contributed by atoms with van der Waals surface area (Å²) in [6, 6.07) is 13.1. The van der Waals surface area contributed by atoms with Gasteiger partial charge in [0.1, 0.15) is 17.4 Å². The monoisotopic (exact) mass is 535 g/mol. The first-order valence-corrected chi connectivity index (χ1v) is 13.8. The van der Waals surface area contributed by atoms with Crippen molar-refractivity contribution in [2.24, 2.45) is 11.8 Å². The van der Waals surface area contributed by atoms with E-state index in [4.69, 9.17) is 21.1 Å². The number of hydrogen-bond donors (Lipinski definition) is 2. The lowest BCUT2D eigenvalue weighted by Gasteiger charge is -2.53. The first kappa shape index (κ1) is 25.3. The Hall–Kier alpha value is -3.03. The van der Waals surface area contributed by atoms with Crippen LogP contribution in [0.5, 0.6) is 5.75 Å². The number of carbonyl (C=O) groups excluding carboxylic acids is 2. The van der Waals surface area contributed by atoms with E-state index >= 15 is 0 Å². The van der Waals surface area contributed by atoms with Crippen molar-refractivity contribution in [3.8, 4) is 5.75 Å². The molecule has 0 unspecified atom stereocenters. The summed E-state index contributed by atoms with van der Waals surface area (Å²) in [6.07, 6.45) is 4.01. The molecule has 5 atom stereocenters. The number of fused-ring (bicyclic) bond motifs is 5. The van der Waals surface area contributed by atoms with Crippen molar-refractivity contribution in [2.45, 2.75) is 63.9 Å². The molecular weight excluding hydrogens is 502 g/mol. The topological polar surface area (TPSA) is 83.7 Å². The van der Waals surface area contributed by atoms with E-state index < -0.39 is 11.6 Å². The fraction of sp³-hybridized carbons (Fsp3) is 0.467. The third-order valence-electron chi connectivity index (χ3n) is 8.54. The van der Waals surface area contributed by atoms with Crippen LogP contribution in [0.15, 0.2) is 48.7 Å². The highest BCUT2D eigenvalue weighted by molar-refractivity contribution is 6.30. The summed E-state index contributed by atoms with van der Waals surface area (Å²) in [7, 11) is 0. The molecule has 200 valence electrons. The number of nitrogens with zero attached hydrogens (tertiary/aromatic N) is 1. The van der Waals surface area contributed by atoms with Crippen molar-refractivity contribution in [3.63, 3.8) is 0 Å². The molecule has 0 radical (unpaired) electrons. The van der Waals surface area contributed by atoms with Crippen molar-refractivity contribution in [1.82, 2.24) is 15.2 Å². The second-order valence-electron chi connectivity index (χ2n) is 11.5. The maximum absolute atomic E-state index is 13.8. The van der Waals surface area contributed by atoms with E-state index in [-0.39, 0.29) is 35.9 Å². The number of nitrogens with one attached hydrogen (secondary N) is 2. The minimum absolute atomic E-state index is 0.0395. The number of carbonyl (C=O) groups is 2. The van der Waals surface area contributed by atoms with Gasteiger partial charge in [-0.25, -0.2) is 0 Å². The first-order chi connectivity index (χ1) is 18.2. The molecule has 3 aromatic rings.